The van der Waals surface area contributed by atoms with E-state index >= 15 is 0 Å². The van der Waals surface area contributed by atoms with Crippen molar-refractivity contribution in [1.82, 2.24) is 10.2 Å². The first kappa shape index (κ1) is 25.1. The largest absolute Gasteiger partial charge is 0.494 e. The van der Waals surface area contributed by atoms with E-state index in [2.05, 4.69) is 28.4 Å². The maximum atomic E-state index is 12.0. The summed E-state index contributed by atoms with van der Waals surface area (Å²) in [6.07, 6.45) is 4.97. The van der Waals surface area contributed by atoms with Crippen LogP contribution in [0.15, 0.2) is 48.5 Å². The molecule has 6 nitrogen and oxygen atoms in total. The molecule has 1 saturated heterocycles. The molecule has 3 N–H and O–H groups in total. The fraction of sp³-hybridized carbons (Fsp3) is 0.462. The Kier molecular flexibility index (Phi) is 10.6. The number of hydrogen-bond acceptors (Lipinski definition) is 5. The highest BCUT2D eigenvalue weighted by Gasteiger charge is 2.10. The molecule has 1 aliphatic heterocycles. The lowest BCUT2D eigenvalue weighted by atomic mass is 10.1. The van der Waals surface area contributed by atoms with Crippen LogP contribution in [0.2, 0.25) is 0 Å². The molecule has 178 valence electrons. The number of carbonyl (C=O) groups excluding carboxylic acids is 2. The maximum absolute atomic E-state index is 12.0. The molecule has 2 amide bonds. The number of hydrogen-bond donors (Lipinski definition) is 2. The number of nitrogens with zero attached hydrogens (tertiary/aromatic N) is 1. The van der Waals surface area contributed by atoms with Gasteiger partial charge in [-0.2, -0.15) is 0 Å². The molecule has 0 bridgehead atoms. The molecule has 1 heterocycles. The van der Waals surface area contributed by atoms with Gasteiger partial charge in [0.05, 0.1) is 18.8 Å². The molecule has 3 rings (SSSR count). The summed E-state index contributed by atoms with van der Waals surface area (Å²) in [4.78, 5) is 25.5. The predicted octanol–water partition coefficient (Wildman–Crippen LogP) is 3.52. The molecule has 1 fully saturated rings. The second-order valence-corrected chi connectivity index (χ2v) is 9.47. The van der Waals surface area contributed by atoms with Crippen LogP contribution in [-0.2, 0) is 28.3 Å². The summed E-state index contributed by atoms with van der Waals surface area (Å²) < 4.78 is 5.89. The van der Waals surface area contributed by atoms with E-state index in [1.807, 2.05) is 30.3 Å². The van der Waals surface area contributed by atoms with Gasteiger partial charge in [-0.3, -0.25) is 14.5 Å². The number of primary amides is 1. The highest BCUT2D eigenvalue weighted by atomic mass is 32.2. The number of thioether (sulfide) groups is 1. The van der Waals surface area contributed by atoms with Crippen molar-refractivity contribution in [2.45, 2.75) is 44.4 Å². The molecule has 2 aromatic carbocycles. The Hall–Kier alpha value is -2.51. The summed E-state index contributed by atoms with van der Waals surface area (Å²) >= 11 is 1.57. The zero-order valence-electron chi connectivity index (χ0n) is 19.3. The summed E-state index contributed by atoms with van der Waals surface area (Å²) in [5.74, 6) is 1.77. The first-order chi connectivity index (χ1) is 16.1. The quantitative estimate of drug-likeness (QED) is 0.439. The molecule has 0 spiro atoms. The zero-order valence-corrected chi connectivity index (χ0v) is 20.1. The van der Waals surface area contributed by atoms with Gasteiger partial charge in [0, 0.05) is 18.8 Å². The number of nitrogens with two attached hydrogens (primary N) is 1. The minimum atomic E-state index is -0.333. The van der Waals surface area contributed by atoms with Crippen LogP contribution in [0.25, 0.3) is 0 Å². The minimum Gasteiger partial charge on any atom is -0.494 e. The Morgan fingerprint density at radius 2 is 1.76 bits per heavy atom. The molecule has 0 unspecified atom stereocenters. The van der Waals surface area contributed by atoms with Crippen LogP contribution in [-0.4, -0.2) is 48.7 Å². The second-order valence-electron chi connectivity index (χ2n) is 8.49. The predicted molar refractivity (Wildman–Crippen MR) is 134 cm³/mol. The van der Waals surface area contributed by atoms with Crippen molar-refractivity contribution in [3.05, 3.63) is 65.2 Å². The Morgan fingerprint density at radius 1 is 1.00 bits per heavy atom. The Balaban J connectivity index is 1.25. The molecule has 0 saturated carbocycles. The molecule has 0 aromatic heterocycles. The fourth-order valence-electron chi connectivity index (χ4n) is 3.87. The molecular weight excluding hydrogens is 434 g/mol. The number of ether oxygens (including phenoxy) is 1. The van der Waals surface area contributed by atoms with Crippen LogP contribution in [0.3, 0.4) is 0 Å². The van der Waals surface area contributed by atoms with Gasteiger partial charge >= 0.3 is 0 Å². The number of likely N-dealkylation sites (tertiary alicyclic amines) is 1. The van der Waals surface area contributed by atoms with Crippen molar-refractivity contribution in [3.8, 4) is 5.75 Å². The third-order valence-electron chi connectivity index (χ3n) is 5.57. The first-order valence-corrected chi connectivity index (χ1v) is 12.9. The number of rotatable bonds is 13. The Bertz CT molecular complexity index is 883. The summed E-state index contributed by atoms with van der Waals surface area (Å²) in [5.41, 5.74) is 8.53. The van der Waals surface area contributed by atoms with Gasteiger partial charge in [0.2, 0.25) is 11.8 Å². The van der Waals surface area contributed by atoms with Crippen LogP contribution in [0.5, 0.6) is 5.75 Å². The van der Waals surface area contributed by atoms with Crippen LogP contribution < -0.4 is 15.8 Å². The van der Waals surface area contributed by atoms with Crippen LogP contribution in [0.4, 0.5) is 0 Å². The van der Waals surface area contributed by atoms with E-state index in [9.17, 15) is 9.59 Å². The van der Waals surface area contributed by atoms with Gasteiger partial charge in [0.1, 0.15) is 5.75 Å². The lowest BCUT2D eigenvalue weighted by Gasteiger charge is -2.26. The number of amides is 2. The SMILES string of the molecule is NC(=O)Cc1ccc(CSCC(=O)NCCCOc2cccc(CN3CCCCC3)c2)cc1. The van der Waals surface area contributed by atoms with E-state index in [-0.39, 0.29) is 18.2 Å². The molecule has 1 aliphatic rings. The Morgan fingerprint density at radius 3 is 2.52 bits per heavy atom. The normalized spacial score (nSPS) is 14.1. The van der Waals surface area contributed by atoms with Crippen molar-refractivity contribution in [2.24, 2.45) is 5.73 Å². The third-order valence-corrected chi connectivity index (χ3v) is 6.57. The third kappa shape index (κ3) is 9.88. The number of piperidine rings is 1. The zero-order chi connectivity index (χ0) is 23.3. The van der Waals surface area contributed by atoms with Crippen LogP contribution >= 0.6 is 11.8 Å². The molecule has 7 heteroatoms. The van der Waals surface area contributed by atoms with E-state index in [1.165, 1.54) is 37.9 Å². The topological polar surface area (TPSA) is 84.7 Å². The fourth-order valence-corrected chi connectivity index (χ4v) is 4.68. The van der Waals surface area contributed by atoms with Crippen molar-refractivity contribution >= 4 is 23.6 Å². The summed E-state index contributed by atoms with van der Waals surface area (Å²) in [7, 11) is 0. The summed E-state index contributed by atoms with van der Waals surface area (Å²) in [6.45, 7) is 4.55. The summed E-state index contributed by atoms with van der Waals surface area (Å²) in [6, 6.07) is 16.1. The van der Waals surface area contributed by atoms with Gasteiger partial charge in [-0.15, -0.1) is 11.8 Å². The first-order valence-electron chi connectivity index (χ1n) is 11.7. The van der Waals surface area contributed by atoms with E-state index in [0.29, 0.717) is 18.9 Å². The van der Waals surface area contributed by atoms with Crippen molar-refractivity contribution < 1.29 is 14.3 Å². The van der Waals surface area contributed by atoms with Gasteiger partial charge in [-0.05, 0) is 61.2 Å². The van der Waals surface area contributed by atoms with Gasteiger partial charge in [-0.25, -0.2) is 0 Å². The minimum absolute atomic E-state index is 0.0360. The van der Waals surface area contributed by atoms with E-state index in [0.717, 1.165) is 35.6 Å². The lowest BCUT2D eigenvalue weighted by Crippen LogP contribution is -2.29. The van der Waals surface area contributed by atoms with Gasteiger partial charge in [-0.1, -0.05) is 42.8 Å². The standard InChI is InChI=1S/C26H35N3O3S/c27-25(30)17-21-8-10-22(11-9-21)19-33-20-26(31)28-12-5-15-32-24-7-4-6-23(16-24)18-29-13-2-1-3-14-29/h4,6-11,16H,1-3,5,12-15,17-20H2,(H2,27,30)(H,28,31). The van der Waals surface area contributed by atoms with Crippen molar-refractivity contribution in [3.63, 3.8) is 0 Å². The average Bonchev–Trinajstić information content (AvgIpc) is 2.81. The van der Waals surface area contributed by atoms with E-state index in [1.54, 1.807) is 11.8 Å². The van der Waals surface area contributed by atoms with Gasteiger partial charge in [0.25, 0.3) is 0 Å². The monoisotopic (exact) mass is 469 g/mol. The molecule has 0 radical (unpaired) electrons. The summed E-state index contributed by atoms with van der Waals surface area (Å²) in [5, 5.41) is 2.95. The molecule has 0 atom stereocenters. The maximum Gasteiger partial charge on any atom is 0.230 e. The van der Waals surface area contributed by atoms with E-state index in [4.69, 9.17) is 10.5 Å². The van der Waals surface area contributed by atoms with Crippen molar-refractivity contribution in [2.75, 3.05) is 32.0 Å². The molecule has 0 aliphatic carbocycles. The smallest absolute Gasteiger partial charge is 0.230 e. The highest BCUT2D eigenvalue weighted by molar-refractivity contribution is 7.99. The molecular formula is C26H35N3O3S. The van der Waals surface area contributed by atoms with E-state index < -0.39 is 0 Å². The van der Waals surface area contributed by atoms with Gasteiger partial charge in [0.15, 0.2) is 0 Å². The number of nitrogens with one attached hydrogen (secondary N) is 1. The average molecular weight is 470 g/mol. The molecule has 33 heavy (non-hydrogen) atoms. The van der Waals surface area contributed by atoms with Gasteiger partial charge < -0.3 is 15.8 Å². The number of carbonyl (C=O) groups is 2. The second kappa shape index (κ2) is 13.9. The Labute approximate surface area is 201 Å². The van der Waals surface area contributed by atoms with Crippen LogP contribution in [0.1, 0.15) is 42.4 Å². The van der Waals surface area contributed by atoms with Crippen molar-refractivity contribution in [1.29, 1.82) is 0 Å². The number of benzene rings is 2. The molecule has 2 aromatic rings. The lowest BCUT2D eigenvalue weighted by molar-refractivity contribution is -0.119. The highest BCUT2D eigenvalue weighted by Crippen LogP contribution is 2.18. The van der Waals surface area contributed by atoms with Crippen LogP contribution in [0, 0.1) is 0 Å².